The number of methoxy groups -OCH3 is 1. The standard InChI is InChI=1S/C26H32F2N4O5S/c1-17(2)25-30-26(37-31-25)32-11-8-18(9-12-32)16-36-20-6-4-19(5-7-20)21-14-23(28)24(15-22(21)27)38(33,34)29-10-13-35-3/h4-7,14-15,17-18,29H,8-13,16H2,1-3H3. The molecular weight excluding hydrogens is 518 g/mol. The van der Waals surface area contributed by atoms with Crippen LogP contribution in [-0.2, 0) is 14.8 Å². The van der Waals surface area contributed by atoms with E-state index in [1.165, 1.54) is 7.11 Å². The van der Waals surface area contributed by atoms with Crippen molar-refractivity contribution in [3.63, 3.8) is 0 Å². The second-order valence-electron chi connectivity index (χ2n) is 9.51. The van der Waals surface area contributed by atoms with Gasteiger partial charge in [0.05, 0.1) is 13.2 Å². The van der Waals surface area contributed by atoms with Crippen molar-refractivity contribution in [1.82, 2.24) is 14.9 Å². The minimum Gasteiger partial charge on any atom is -0.493 e. The molecule has 0 aliphatic carbocycles. The van der Waals surface area contributed by atoms with Crippen LogP contribution in [0, 0.1) is 17.6 Å². The number of piperidine rings is 1. The van der Waals surface area contributed by atoms with Crippen molar-refractivity contribution in [3.8, 4) is 16.9 Å². The summed E-state index contributed by atoms with van der Waals surface area (Å²) in [5.74, 6) is -0.00878. The van der Waals surface area contributed by atoms with Crippen molar-refractivity contribution in [3.05, 3.63) is 53.9 Å². The van der Waals surface area contributed by atoms with E-state index in [0.717, 1.165) is 32.0 Å². The predicted molar refractivity (Wildman–Crippen MR) is 138 cm³/mol. The van der Waals surface area contributed by atoms with E-state index in [0.29, 0.717) is 41.7 Å². The van der Waals surface area contributed by atoms with Crippen LogP contribution in [0.1, 0.15) is 38.4 Å². The average molecular weight is 551 g/mol. The summed E-state index contributed by atoms with van der Waals surface area (Å²) < 4.78 is 72.3. The number of rotatable bonds is 11. The monoisotopic (exact) mass is 550 g/mol. The lowest BCUT2D eigenvalue weighted by atomic mass is 9.98. The minimum atomic E-state index is -4.21. The maximum atomic E-state index is 14.8. The first-order valence-corrected chi connectivity index (χ1v) is 14.0. The van der Waals surface area contributed by atoms with Gasteiger partial charge in [0.15, 0.2) is 5.82 Å². The maximum Gasteiger partial charge on any atom is 0.324 e. The molecule has 0 radical (unpaired) electrons. The molecule has 0 saturated carbocycles. The summed E-state index contributed by atoms with van der Waals surface area (Å²) in [6.45, 7) is 6.21. The Balaban J connectivity index is 1.33. The first-order valence-electron chi connectivity index (χ1n) is 12.5. The molecule has 2 heterocycles. The van der Waals surface area contributed by atoms with Gasteiger partial charge in [-0.15, -0.1) is 0 Å². The Kier molecular flexibility index (Phi) is 8.95. The molecule has 1 aliphatic heterocycles. The third-order valence-electron chi connectivity index (χ3n) is 6.39. The molecule has 1 aliphatic rings. The van der Waals surface area contributed by atoms with Crippen molar-refractivity contribution in [2.24, 2.45) is 5.92 Å². The van der Waals surface area contributed by atoms with Crippen LogP contribution in [0.5, 0.6) is 5.75 Å². The molecule has 206 valence electrons. The van der Waals surface area contributed by atoms with E-state index >= 15 is 0 Å². The number of aromatic nitrogens is 2. The fourth-order valence-corrected chi connectivity index (χ4v) is 5.22. The first kappa shape index (κ1) is 27.9. The summed E-state index contributed by atoms with van der Waals surface area (Å²) in [5, 5.41) is 4.02. The molecule has 1 N–H and O–H groups in total. The number of hydrogen-bond acceptors (Lipinski definition) is 8. The summed E-state index contributed by atoms with van der Waals surface area (Å²) in [6.07, 6.45) is 1.83. The number of sulfonamides is 1. The number of hydrogen-bond donors (Lipinski definition) is 1. The van der Waals surface area contributed by atoms with Gasteiger partial charge in [-0.25, -0.2) is 21.9 Å². The molecule has 1 fully saturated rings. The number of halogens is 2. The van der Waals surface area contributed by atoms with Crippen molar-refractivity contribution in [1.29, 1.82) is 0 Å². The average Bonchev–Trinajstić information content (AvgIpc) is 3.40. The van der Waals surface area contributed by atoms with Gasteiger partial charge in [0.1, 0.15) is 22.3 Å². The van der Waals surface area contributed by atoms with E-state index in [4.69, 9.17) is 14.0 Å². The van der Waals surface area contributed by atoms with E-state index < -0.39 is 26.6 Å². The highest BCUT2D eigenvalue weighted by Gasteiger charge is 2.25. The smallest absolute Gasteiger partial charge is 0.324 e. The largest absolute Gasteiger partial charge is 0.493 e. The quantitative estimate of drug-likeness (QED) is 0.351. The highest BCUT2D eigenvalue weighted by molar-refractivity contribution is 7.89. The predicted octanol–water partition coefficient (Wildman–Crippen LogP) is 4.36. The molecule has 12 heteroatoms. The molecule has 38 heavy (non-hydrogen) atoms. The molecule has 3 aromatic rings. The van der Waals surface area contributed by atoms with E-state index in [1.807, 2.05) is 13.8 Å². The lowest BCUT2D eigenvalue weighted by Gasteiger charge is -2.30. The Bertz CT molecular complexity index is 1320. The van der Waals surface area contributed by atoms with Crippen LogP contribution in [-0.4, -0.2) is 58.5 Å². The number of nitrogens with one attached hydrogen (secondary N) is 1. The van der Waals surface area contributed by atoms with Gasteiger partial charge in [0.25, 0.3) is 0 Å². The number of nitrogens with zero attached hydrogens (tertiary/aromatic N) is 3. The van der Waals surface area contributed by atoms with Gasteiger partial charge in [-0.1, -0.05) is 31.1 Å². The van der Waals surface area contributed by atoms with Gasteiger partial charge in [-0.05, 0) is 48.6 Å². The van der Waals surface area contributed by atoms with Gasteiger partial charge in [-0.2, -0.15) is 4.98 Å². The molecule has 1 saturated heterocycles. The molecule has 4 rings (SSSR count). The van der Waals surface area contributed by atoms with Crippen LogP contribution in [0.4, 0.5) is 14.8 Å². The van der Waals surface area contributed by atoms with Crippen LogP contribution in [0.3, 0.4) is 0 Å². The SMILES string of the molecule is COCCNS(=O)(=O)c1cc(F)c(-c2ccc(OCC3CCN(c4nc(C(C)C)no4)CC3)cc2)cc1F. The zero-order chi connectivity index (χ0) is 27.3. The molecule has 0 spiro atoms. The van der Waals surface area contributed by atoms with Crippen LogP contribution in [0.2, 0.25) is 0 Å². The van der Waals surface area contributed by atoms with Crippen LogP contribution >= 0.6 is 0 Å². The lowest BCUT2D eigenvalue weighted by Crippen LogP contribution is -2.35. The fraction of sp³-hybridized carbons (Fsp3) is 0.462. The van der Waals surface area contributed by atoms with Crippen molar-refractivity contribution in [2.75, 3.05) is 44.9 Å². The molecule has 0 unspecified atom stereocenters. The first-order chi connectivity index (χ1) is 18.2. The number of anilines is 1. The highest BCUT2D eigenvalue weighted by Crippen LogP contribution is 2.30. The Morgan fingerprint density at radius 2 is 1.84 bits per heavy atom. The molecule has 9 nitrogen and oxygen atoms in total. The van der Waals surface area contributed by atoms with Crippen LogP contribution < -0.4 is 14.4 Å². The summed E-state index contributed by atoms with van der Waals surface area (Å²) in [7, 11) is -2.80. The fourth-order valence-electron chi connectivity index (χ4n) is 4.14. The summed E-state index contributed by atoms with van der Waals surface area (Å²) >= 11 is 0. The van der Waals surface area contributed by atoms with Gasteiger partial charge >= 0.3 is 6.01 Å². The van der Waals surface area contributed by atoms with Crippen LogP contribution in [0.15, 0.2) is 45.8 Å². The number of benzene rings is 2. The summed E-state index contributed by atoms with van der Waals surface area (Å²) in [5.41, 5.74) is 0.359. The Labute approximate surface area is 221 Å². The van der Waals surface area contributed by atoms with Gasteiger partial charge < -0.3 is 18.9 Å². The third kappa shape index (κ3) is 6.66. The summed E-state index contributed by atoms with van der Waals surface area (Å²) in [4.78, 5) is 5.80. The van der Waals surface area contributed by atoms with E-state index in [9.17, 15) is 17.2 Å². The van der Waals surface area contributed by atoms with Gasteiger partial charge in [0.2, 0.25) is 10.0 Å². The Morgan fingerprint density at radius 3 is 2.47 bits per heavy atom. The Morgan fingerprint density at radius 1 is 1.13 bits per heavy atom. The topological polar surface area (TPSA) is 107 Å². The number of ether oxygens (including phenoxy) is 2. The maximum absolute atomic E-state index is 14.8. The molecular formula is C26H32F2N4O5S. The zero-order valence-corrected chi connectivity index (χ0v) is 22.4. The second kappa shape index (κ2) is 12.2. The summed E-state index contributed by atoms with van der Waals surface area (Å²) in [6, 6.07) is 8.73. The van der Waals surface area contributed by atoms with Crippen molar-refractivity contribution >= 4 is 16.0 Å². The Hall–Kier alpha value is -3.09. The minimum absolute atomic E-state index is 0.0427. The lowest BCUT2D eigenvalue weighted by molar-refractivity contribution is 0.204. The van der Waals surface area contributed by atoms with E-state index in [1.54, 1.807) is 24.3 Å². The highest BCUT2D eigenvalue weighted by atomic mass is 32.2. The van der Waals surface area contributed by atoms with Crippen molar-refractivity contribution < 1.29 is 31.2 Å². The van der Waals surface area contributed by atoms with Gasteiger partial charge in [0, 0.05) is 38.2 Å². The van der Waals surface area contributed by atoms with Crippen LogP contribution in [0.25, 0.3) is 11.1 Å². The van der Waals surface area contributed by atoms with E-state index in [2.05, 4.69) is 19.8 Å². The molecule has 0 bridgehead atoms. The van der Waals surface area contributed by atoms with E-state index in [-0.39, 0.29) is 24.6 Å². The molecule has 2 aromatic carbocycles. The van der Waals surface area contributed by atoms with Crippen molar-refractivity contribution in [2.45, 2.75) is 37.5 Å². The molecule has 1 aromatic heterocycles. The second-order valence-corrected chi connectivity index (χ2v) is 11.2. The molecule has 0 atom stereocenters. The zero-order valence-electron chi connectivity index (χ0n) is 21.6. The normalized spacial score (nSPS) is 14.8. The third-order valence-corrected chi connectivity index (χ3v) is 7.87. The van der Waals surface area contributed by atoms with Gasteiger partial charge in [-0.3, -0.25) is 0 Å². The molecule has 0 amide bonds.